The van der Waals surface area contributed by atoms with Crippen molar-refractivity contribution in [2.45, 2.75) is 90.9 Å². The second kappa shape index (κ2) is 12.1. The van der Waals surface area contributed by atoms with Gasteiger partial charge in [-0.2, -0.15) is 0 Å². The van der Waals surface area contributed by atoms with Crippen molar-refractivity contribution in [1.82, 2.24) is 4.90 Å². The Labute approximate surface area is 133 Å². The van der Waals surface area contributed by atoms with Crippen molar-refractivity contribution in [1.29, 1.82) is 0 Å². The molecular weight excluding hydrogens is 256 g/mol. The van der Waals surface area contributed by atoms with Crippen LogP contribution in [0.4, 0.5) is 0 Å². The maximum atomic E-state index is 2.55. The van der Waals surface area contributed by atoms with Gasteiger partial charge in [-0.25, -0.2) is 0 Å². The molecule has 0 amide bonds. The van der Waals surface area contributed by atoms with Gasteiger partial charge in [0.1, 0.15) is 13.1 Å². The van der Waals surface area contributed by atoms with E-state index in [0.717, 1.165) is 0 Å². The molecular formula is C19H39N2+. The van der Waals surface area contributed by atoms with E-state index in [2.05, 4.69) is 30.4 Å². The van der Waals surface area contributed by atoms with Crippen molar-refractivity contribution in [3.63, 3.8) is 0 Å². The molecule has 2 heteroatoms. The molecule has 0 aliphatic carbocycles. The van der Waals surface area contributed by atoms with E-state index < -0.39 is 0 Å². The van der Waals surface area contributed by atoms with E-state index >= 15 is 0 Å². The minimum absolute atomic E-state index is 1.21. The van der Waals surface area contributed by atoms with Gasteiger partial charge >= 0.3 is 0 Å². The lowest BCUT2D eigenvalue weighted by Gasteiger charge is -2.10. The maximum Gasteiger partial charge on any atom is 0.243 e. The van der Waals surface area contributed by atoms with E-state index in [0.29, 0.717) is 0 Å². The number of amidine groups is 1. The molecule has 21 heavy (non-hydrogen) atoms. The Balaban J connectivity index is 1.79. The SMILES string of the molecule is CCCCCCCCCCCCCCN1CC[N+](C)=C1C. The van der Waals surface area contributed by atoms with Crippen LogP contribution in [0.15, 0.2) is 0 Å². The zero-order valence-corrected chi connectivity index (χ0v) is 15.0. The van der Waals surface area contributed by atoms with Crippen LogP contribution in [0, 0.1) is 0 Å². The fourth-order valence-electron chi connectivity index (χ4n) is 3.25. The summed E-state index contributed by atoms with van der Waals surface area (Å²) in [7, 11) is 2.21. The summed E-state index contributed by atoms with van der Waals surface area (Å²) in [6.45, 7) is 8.27. The molecule has 1 rings (SSSR count). The fourth-order valence-corrected chi connectivity index (χ4v) is 3.25. The van der Waals surface area contributed by atoms with Gasteiger partial charge in [0.05, 0.1) is 13.6 Å². The van der Waals surface area contributed by atoms with Crippen molar-refractivity contribution in [2.75, 3.05) is 26.7 Å². The largest absolute Gasteiger partial charge is 0.265 e. The van der Waals surface area contributed by atoms with Crippen LogP contribution < -0.4 is 0 Å². The van der Waals surface area contributed by atoms with Crippen LogP contribution in [0.3, 0.4) is 0 Å². The zero-order chi connectivity index (χ0) is 15.3. The molecule has 0 radical (unpaired) electrons. The number of rotatable bonds is 13. The predicted molar refractivity (Wildman–Crippen MR) is 94.4 cm³/mol. The molecule has 0 fully saturated rings. The summed E-state index contributed by atoms with van der Waals surface area (Å²) in [6.07, 6.45) is 17.3. The van der Waals surface area contributed by atoms with E-state index in [9.17, 15) is 0 Å². The van der Waals surface area contributed by atoms with Gasteiger partial charge in [0.25, 0.3) is 0 Å². The van der Waals surface area contributed by atoms with E-state index in [4.69, 9.17) is 0 Å². The summed E-state index contributed by atoms with van der Waals surface area (Å²) in [5, 5.41) is 0. The molecule has 0 aromatic rings. The third-order valence-electron chi connectivity index (χ3n) is 5.00. The fraction of sp³-hybridized carbons (Fsp3) is 0.947. The Morgan fingerprint density at radius 2 is 1.29 bits per heavy atom. The highest BCUT2D eigenvalue weighted by Crippen LogP contribution is 2.12. The van der Waals surface area contributed by atoms with Crippen molar-refractivity contribution in [2.24, 2.45) is 0 Å². The van der Waals surface area contributed by atoms with Gasteiger partial charge in [-0.15, -0.1) is 0 Å². The molecule has 0 bridgehead atoms. The first kappa shape index (κ1) is 18.5. The molecule has 2 nitrogen and oxygen atoms in total. The number of hydrogen-bond donors (Lipinski definition) is 0. The first-order valence-corrected chi connectivity index (χ1v) is 9.55. The monoisotopic (exact) mass is 295 g/mol. The van der Waals surface area contributed by atoms with E-state index in [1.807, 2.05) is 0 Å². The lowest BCUT2D eigenvalue weighted by molar-refractivity contribution is -0.487. The predicted octanol–water partition coefficient (Wildman–Crippen LogP) is 5.06. The first-order valence-electron chi connectivity index (χ1n) is 9.55. The average Bonchev–Trinajstić information content (AvgIpc) is 2.80. The zero-order valence-electron chi connectivity index (χ0n) is 15.0. The Morgan fingerprint density at radius 3 is 1.71 bits per heavy atom. The van der Waals surface area contributed by atoms with Crippen molar-refractivity contribution < 1.29 is 4.58 Å². The van der Waals surface area contributed by atoms with Crippen molar-refractivity contribution in [3.8, 4) is 0 Å². The third-order valence-corrected chi connectivity index (χ3v) is 5.00. The summed E-state index contributed by atoms with van der Waals surface area (Å²) in [5.41, 5.74) is 0. The van der Waals surface area contributed by atoms with E-state index in [1.165, 1.54) is 103 Å². The lowest BCUT2D eigenvalue weighted by atomic mass is 10.1. The molecule has 0 spiro atoms. The van der Waals surface area contributed by atoms with Crippen LogP contribution >= 0.6 is 0 Å². The Morgan fingerprint density at radius 1 is 0.810 bits per heavy atom. The van der Waals surface area contributed by atoms with Crippen LogP contribution in [0.2, 0.25) is 0 Å². The minimum atomic E-state index is 1.21. The molecule has 124 valence electrons. The first-order chi connectivity index (χ1) is 10.3. The van der Waals surface area contributed by atoms with E-state index in [-0.39, 0.29) is 0 Å². The second-order valence-electron chi connectivity index (χ2n) is 6.84. The molecule has 0 saturated carbocycles. The summed E-state index contributed by atoms with van der Waals surface area (Å²) in [6, 6.07) is 0. The van der Waals surface area contributed by atoms with Crippen LogP contribution in [-0.2, 0) is 0 Å². The van der Waals surface area contributed by atoms with Crippen LogP contribution in [-0.4, -0.2) is 42.0 Å². The highest BCUT2D eigenvalue weighted by molar-refractivity contribution is 5.75. The molecule has 0 atom stereocenters. The Hall–Kier alpha value is -0.530. The number of likely N-dealkylation sites (N-methyl/N-ethyl adjacent to an activating group) is 1. The van der Waals surface area contributed by atoms with Gasteiger partial charge in [0.2, 0.25) is 5.84 Å². The number of unbranched alkanes of at least 4 members (excludes halogenated alkanes) is 11. The van der Waals surface area contributed by atoms with Crippen LogP contribution in [0.25, 0.3) is 0 Å². The van der Waals surface area contributed by atoms with Gasteiger partial charge in [-0.3, -0.25) is 9.48 Å². The van der Waals surface area contributed by atoms with Crippen LogP contribution in [0.5, 0.6) is 0 Å². The van der Waals surface area contributed by atoms with Gasteiger partial charge in [-0.1, -0.05) is 71.1 Å². The molecule has 0 unspecified atom stereocenters. The van der Waals surface area contributed by atoms with Gasteiger partial charge < -0.3 is 0 Å². The third kappa shape index (κ3) is 8.48. The number of nitrogens with zero attached hydrogens (tertiary/aromatic N) is 2. The average molecular weight is 296 g/mol. The van der Waals surface area contributed by atoms with Gasteiger partial charge in [0.15, 0.2) is 0 Å². The molecule has 0 saturated heterocycles. The molecule has 1 aliphatic heterocycles. The highest BCUT2D eigenvalue weighted by atomic mass is 15.3. The Bertz CT molecular complexity index is 283. The normalized spacial score (nSPS) is 15.3. The summed E-state index contributed by atoms with van der Waals surface area (Å²) in [4.78, 5) is 2.55. The molecule has 1 heterocycles. The topological polar surface area (TPSA) is 6.25 Å². The summed E-state index contributed by atoms with van der Waals surface area (Å²) >= 11 is 0. The Kier molecular flexibility index (Phi) is 10.6. The van der Waals surface area contributed by atoms with Crippen molar-refractivity contribution in [3.05, 3.63) is 0 Å². The molecule has 0 N–H and O–H groups in total. The van der Waals surface area contributed by atoms with Gasteiger partial charge in [-0.05, 0) is 12.8 Å². The summed E-state index contributed by atoms with van der Waals surface area (Å²) < 4.78 is 2.38. The van der Waals surface area contributed by atoms with E-state index in [1.54, 1.807) is 0 Å². The standard InChI is InChI=1S/C19H39N2/c1-4-5-6-7-8-9-10-11-12-13-14-15-16-21-18-17-20(3)19(21)2/h4-18H2,1-3H3/q+1. The molecule has 0 aromatic carbocycles. The maximum absolute atomic E-state index is 2.55. The lowest BCUT2D eigenvalue weighted by Crippen LogP contribution is -2.27. The molecule has 0 aromatic heterocycles. The van der Waals surface area contributed by atoms with Crippen LogP contribution in [0.1, 0.15) is 90.9 Å². The quantitative estimate of drug-likeness (QED) is 0.340. The highest BCUT2D eigenvalue weighted by Gasteiger charge is 2.22. The smallest absolute Gasteiger partial charge is 0.243 e. The second-order valence-corrected chi connectivity index (χ2v) is 6.84. The summed E-state index contributed by atoms with van der Waals surface area (Å²) in [5.74, 6) is 1.47. The minimum Gasteiger partial charge on any atom is -0.265 e. The molecule has 1 aliphatic rings. The number of hydrogen-bond acceptors (Lipinski definition) is 1. The van der Waals surface area contributed by atoms with Crippen molar-refractivity contribution >= 4 is 5.84 Å². The van der Waals surface area contributed by atoms with Gasteiger partial charge in [0, 0.05) is 6.92 Å².